The van der Waals surface area contributed by atoms with Gasteiger partial charge in [0.05, 0.1) is 5.56 Å². The molecule has 2 heterocycles. The van der Waals surface area contributed by atoms with Crippen molar-refractivity contribution >= 4 is 11.6 Å². The van der Waals surface area contributed by atoms with E-state index < -0.39 is 17.5 Å². The van der Waals surface area contributed by atoms with Gasteiger partial charge < -0.3 is 5.32 Å². The van der Waals surface area contributed by atoms with Gasteiger partial charge >= 0.3 is 0 Å². The van der Waals surface area contributed by atoms with Crippen molar-refractivity contribution in [3.8, 4) is 5.82 Å². The van der Waals surface area contributed by atoms with E-state index in [1.54, 1.807) is 35.3 Å². The lowest BCUT2D eigenvalue weighted by molar-refractivity contribution is 0.102. The highest BCUT2D eigenvalue weighted by molar-refractivity contribution is 6.04. The minimum atomic E-state index is -0.762. The number of nitrogens with one attached hydrogen (secondary N) is 1. The summed E-state index contributed by atoms with van der Waals surface area (Å²) in [6, 6.07) is 7.72. The van der Waals surface area contributed by atoms with E-state index in [0.29, 0.717) is 5.82 Å². The van der Waals surface area contributed by atoms with Crippen LogP contribution in [0.2, 0.25) is 0 Å². The highest BCUT2D eigenvalue weighted by Crippen LogP contribution is 2.14. The lowest BCUT2D eigenvalue weighted by Crippen LogP contribution is -2.13. The van der Waals surface area contributed by atoms with Crippen LogP contribution in [0.1, 0.15) is 10.4 Å². The van der Waals surface area contributed by atoms with Gasteiger partial charge in [0, 0.05) is 30.3 Å². The van der Waals surface area contributed by atoms with Crippen LogP contribution in [0.25, 0.3) is 5.82 Å². The van der Waals surface area contributed by atoms with Gasteiger partial charge in [-0.05, 0) is 30.3 Å². The summed E-state index contributed by atoms with van der Waals surface area (Å²) < 4.78 is 27.7. The zero-order valence-electron chi connectivity index (χ0n) is 11.2. The molecule has 0 radical (unpaired) electrons. The minimum absolute atomic E-state index is 0.0404. The smallest absolute Gasteiger partial charge is 0.257 e. The third-order valence-electron chi connectivity index (χ3n) is 2.87. The molecule has 110 valence electrons. The zero-order chi connectivity index (χ0) is 15.5. The average Bonchev–Trinajstić information content (AvgIpc) is 3.00. The summed E-state index contributed by atoms with van der Waals surface area (Å²) in [7, 11) is 0. The van der Waals surface area contributed by atoms with Gasteiger partial charge in [0.25, 0.3) is 5.91 Å². The Kier molecular flexibility index (Phi) is 3.61. The van der Waals surface area contributed by atoms with E-state index in [1.165, 1.54) is 6.20 Å². The molecule has 0 atom stereocenters. The van der Waals surface area contributed by atoms with E-state index in [2.05, 4.69) is 15.4 Å². The third-order valence-corrected chi connectivity index (χ3v) is 2.87. The van der Waals surface area contributed by atoms with E-state index in [4.69, 9.17) is 0 Å². The van der Waals surface area contributed by atoms with Crippen molar-refractivity contribution in [2.45, 2.75) is 0 Å². The first-order valence-corrected chi connectivity index (χ1v) is 6.35. The normalized spacial score (nSPS) is 10.5. The van der Waals surface area contributed by atoms with Crippen LogP contribution in [-0.4, -0.2) is 20.7 Å². The second-order valence-electron chi connectivity index (χ2n) is 4.47. The fourth-order valence-electron chi connectivity index (χ4n) is 1.89. The van der Waals surface area contributed by atoms with Crippen LogP contribution in [0, 0.1) is 11.6 Å². The predicted octanol–water partition coefficient (Wildman–Crippen LogP) is 2.80. The summed E-state index contributed by atoms with van der Waals surface area (Å²) in [5, 5.41) is 6.43. The number of aromatic nitrogens is 3. The van der Waals surface area contributed by atoms with Gasteiger partial charge in [-0.3, -0.25) is 4.79 Å². The molecule has 0 fully saturated rings. The van der Waals surface area contributed by atoms with Gasteiger partial charge in [0.1, 0.15) is 11.6 Å². The van der Waals surface area contributed by atoms with E-state index in [0.717, 1.165) is 18.2 Å². The maximum absolute atomic E-state index is 13.1. The van der Waals surface area contributed by atoms with Crippen LogP contribution < -0.4 is 5.32 Å². The molecule has 0 saturated carbocycles. The fourth-order valence-corrected chi connectivity index (χ4v) is 1.89. The first-order chi connectivity index (χ1) is 10.6. The maximum atomic E-state index is 13.1. The third kappa shape index (κ3) is 2.98. The van der Waals surface area contributed by atoms with Crippen molar-refractivity contribution in [1.82, 2.24) is 14.8 Å². The number of hydrogen-bond donors (Lipinski definition) is 1. The zero-order valence-corrected chi connectivity index (χ0v) is 11.2. The Labute approximate surface area is 124 Å². The average molecular weight is 300 g/mol. The summed E-state index contributed by atoms with van der Waals surface area (Å²) in [5.41, 5.74) is 0.305. The Morgan fingerprint density at radius 1 is 1.14 bits per heavy atom. The van der Waals surface area contributed by atoms with Gasteiger partial charge in [-0.25, -0.2) is 18.4 Å². The maximum Gasteiger partial charge on any atom is 0.257 e. The molecule has 3 aromatic rings. The van der Waals surface area contributed by atoms with Crippen molar-refractivity contribution in [3.05, 3.63) is 72.2 Å². The second kappa shape index (κ2) is 5.72. The van der Waals surface area contributed by atoms with Gasteiger partial charge in [0.2, 0.25) is 0 Å². The molecule has 22 heavy (non-hydrogen) atoms. The number of amides is 1. The molecule has 0 bridgehead atoms. The highest BCUT2D eigenvalue weighted by Gasteiger charge is 2.09. The van der Waals surface area contributed by atoms with Crippen LogP contribution >= 0.6 is 0 Å². The Bertz CT molecular complexity index is 781. The Hall–Kier alpha value is -3.09. The molecule has 2 aromatic heterocycles. The number of rotatable bonds is 3. The topological polar surface area (TPSA) is 59.8 Å². The number of nitrogens with zero attached hydrogens (tertiary/aromatic N) is 3. The highest BCUT2D eigenvalue weighted by atomic mass is 19.1. The Morgan fingerprint density at radius 3 is 2.50 bits per heavy atom. The van der Waals surface area contributed by atoms with Gasteiger partial charge in [-0.15, -0.1) is 0 Å². The summed E-state index contributed by atoms with van der Waals surface area (Å²) >= 11 is 0. The van der Waals surface area contributed by atoms with Crippen LogP contribution in [-0.2, 0) is 0 Å². The first-order valence-electron chi connectivity index (χ1n) is 6.35. The first kappa shape index (κ1) is 13.9. The molecule has 3 rings (SSSR count). The Balaban J connectivity index is 1.77. The van der Waals surface area contributed by atoms with Crippen molar-refractivity contribution in [2.24, 2.45) is 0 Å². The quantitative estimate of drug-likeness (QED) is 0.809. The molecule has 1 amide bonds. The lowest BCUT2D eigenvalue weighted by Gasteiger charge is -2.06. The fraction of sp³-hybridized carbons (Fsp3) is 0. The number of pyridine rings is 1. The SMILES string of the molecule is O=C(Nc1cc(F)cc(F)c1)c1ccc(-n2cccn2)nc1. The Morgan fingerprint density at radius 2 is 1.91 bits per heavy atom. The largest absolute Gasteiger partial charge is 0.322 e. The number of halogens is 2. The molecule has 7 heteroatoms. The molecule has 0 saturated heterocycles. The summed E-state index contributed by atoms with van der Waals surface area (Å²) in [6.45, 7) is 0. The van der Waals surface area contributed by atoms with Crippen LogP contribution in [0.4, 0.5) is 14.5 Å². The summed E-state index contributed by atoms with van der Waals surface area (Å²) in [6.07, 6.45) is 4.69. The van der Waals surface area contributed by atoms with E-state index in [9.17, 15) is 13.6 Å². The number of hydrogen-bond acceptors (Lipinski definition) is 3. The predicted molar refractivity (Wildman–Crippen MR) is 75.7 cm³/mol. The standard InChI is InChI=1S/C15H10F2N4O/c16-11-6-12(17)8-13(7-11)20-15(22)10-2-3-14(18-9-10)21-5-1-4-19-21/h1-9H,(H,20,22). The molecular formula is C15H10F2N4O. The molecule has 1 aromatic carbocycles. The van der Waals surface area contributed by atoms with E-state index in [1.807, 2.05) is 0 Å². The van der Waals surface area contributed by atoms with E-state index in [-0.39, 0.29) is 11.3 Å². The molecule has 1 N–H and O–H groups in total. The molecule has 0 aliphatic rings. The molecule has 0 aliphatic carbocycles. The number of anilines is 1. The molecule has 0 spiro atoms. The molecule has 0 unspecified atom stereocenters. The van der Waals surface area contributed by atoms with Crippen molar-refractivity contribution in [3.63, 3.8) is 0 Å². The number of carbonyl (C=O) groups excluding carboxylic acids is 1. The monoisotopic (exact) mass is 300 g/mol. The molecule has 5 nitrogen and oxygen atoms in total. The molecule has 0 aliphatic heterocycles. The van der Waals surface area contributed by atoms with Crippen molar-refractivity contribution in [2.75, 3.05) is 5.32 Å². The second-order valence-corrected chi connectivity index (χ2v) is 4.47. The van der Waals surface area contributed by atoms with Gasteiger partial charge in [-0.1, -0.05) is 0 Å². The van der Waals surface area contributed by atoms with Crippen molar-refractivity contribution in [1.29, 1.82) is 0 Å². The van der Waals surface area contributed by atoms with Gasteiger partial charge in [-0.2, -0.15) is 5.10 Å². The van der Waals surface area contributed by atoms with Crippen LogP contribution in [0.15, 0.2) is 55.0 Å². The minimum Gasteiger partial charge on any atom is -0.322 e. The van der Waals surface area contributed by atoms with Crippen LogP contribution in [0.5, 0.6) is 0 Å². The molecular weight excluding hydrogens is 290 g/mol. The lowest BCUT2D eigenvalue weighted by atomic mass is 10.2. The van der Waals surface area contributed by atoms with Crippen LogP contribution in [0.3, 0.4) is 0 Å². The number of benzene rings is 1. The van der Waals surface area contributed by atoms with Gasteiger partial charge in [0.15, 0.2) is 5.82 Å². The number of carbonyl (C=O) groups is 1. The van der Waals surface area contributed by atoms with E-state index >= 15 is 0 Å². The summed E-state index contributed by atoms with van der Waals surface area (Å²) in [4.78, 5) is 16.1. The summed E-state index contributed by atoms with van der Waals surface area (Å²) in [5.74, 6) is -1.48. The van der Waals surface area contributed by atoms with Crippen molar-refractivity contribution < 1.29 is 13.6 Å².